The second-order valence-corrected chi connectivity index (χ2v) is 4.63. The number of nitrogens with zero attached hydrogens (tertiary/aromatic N) is 1. The van der Waals surface area contributed by atoms with E-state index in [0.717, 1.165) is 13.0 Å². The highest BCUT2D eigenvalue weighted by molar-refractivity contribution is 5.84. The number of hydrogen-bond acceptors (Lipinski definition) is 2. The smallest absolute Gasteiger partial charge is 0.337 e. The zero-order chi connectivity index (χ0) is 14.7. The molecule has 0 aromatic rings. The number of rotatable bonds is 4. The molecule has 0 aromatic carbocycles. The topological polar surface area (TPSA) is 32.3 Å². The maximum absolute atomic E-state index is 13.0. The molecule has 0 aromatic heterocycles. The molecule has 1 amide bonds. The largest absolute Gasteiger partial charge is 0.463 e. The molecule has 3 nitrogen and oxygen atoms in total. The van der Waals surface area contributed by atoms with Crippen molar-refractivity contribution in [3.63, 3.8) is 0 Å². The lowest BCUT2D eigenvalue weighted by atomic mass is 9.99. The molecule has 0 aliphatic carbocycles. The number of hydrogen-bond donors (Lipinski definition) is 1. The Morgan fingerprint density at radius 2 is 1.95 bits per heavy atom. The van der Waals surface area contributed by atoms with Crippen LogP contribution in [0.25, 0.3) is 0 Å². The lowest BCUT2D eigenvalue weighted by Gasteiger charge is -2.32. The lowest BCUT2D eigenvalue weighted by Crippen LogP contribution is -2.53. The van der Waals surface area contributed by atoms with Crippen molar-refractivity contribution in [2.75, 3.05) is 26.2 Å². The second-order valence-electron chi connectivity index (χ2n) is 4.63. The van der Waals surface area contributed by atoms with Crippen LogP contribution < -0.4 is 5.32 Å². The second kappa shape index (κ2) is 6.02. The number of nitrogens with one attached hydrogen (secondary N) is 1. The minimum atomic E-state index is -5.84. The van der Waals surface area contributed by atoms with Crippen molar-refractivity contribution in [2.45, 2.75) is 31.9 Å². The van der Waals surface area contributed by atoms with Gasteiger partial charge in [-0.1, -0.05) is 0 Å². The van der Waals surface area contributed by atoms with Gasteiger partial charge in [-0.3, -0.25) is 4.79 Å². The highest BCUT2D eigenvalue weighted by Gasteiger charge is 2.64. The normalized spacial score (nSPS) is 21.3. The zero-order valence-electron chi connectivity index (χ0n) is 10.6. The quantitative estimate of drug-likeness (QED) is 0.803. The van der Waals surface area contributed by atoms with E-state index in [0.29, 0.717) is 17.9 Å². The van der Waals surface area contributed by atoms with E-state index in [1.54, 1.807) is 0 Å². The van der Waals surface area contributed by atoms with E-state index in [-0.39, 0.29) is 19.0 Å². The van der Waals surface area contributed by atoms with Crippen LogP contribution in [0.5, 0.6) is 0 Å². The molecule has 19 heavy (non-hydrogen) atoms. The Hall–Kier alpha value is -0.920. The van der Waals surface area contributed by atoms with Gasteiger partial charge >= 0.3 is 18.0 Å². The van der Waals surface area contributed by atoms with E-state index < -0.39 is 18.0 Å². The summed E-state index contributed by atoms with van der Waals surface area (Å²) < 4.78 is 62.4. The van der Waals surface area contributed by atoms with E-state index in [4.69, 9.17) is 0 Å². The Balaban J connectivity index is 2.70. The molecule has 0 spiro atoms. The maximum atomic E-state index is 13.0. The van der Waals surface area contributed by atoms with Crippen molar-refractivity contribution in [2.24, 2.45) is 5.92 Å². The van der Waals surface area contributed by atoms with Crippen molar-refractivity contribution in [3.05, 3.63) is 0 Å². The first-order valence-corrected chi connectivity index (χ1v) is 6.14. The molecule has 1 atom stereocenters. The minimum absolute atomic E-state index is 0.0754. The summed E-state index contributed by atoms with van der Waals surface area (Å²) in [5.41, 5.74) is 0. The fraction of sp³-hybridized carbons (Fsp3) is 0.909. The predicted octanol–water partition coefficient (Wildman–Crippen LogP) is 2.03. The first kappa shape index (κ1) is 16.1. The number of amides is 1. The summed E-state index contributed by atoms with van der Waals surface area (Å²) in [5, 5.41) is 3.02. The molecule has 0 saturated carbocycles. The van der Waals surface area contributed by atoms with Gasteiger partial charge in [-0.25, -0.2) is 0 Å². The average Bonchev–Trinajstić information content (AvgIpc) is 2.35. The number of carbonyl (C=O) groups is 1. The summed E-state index contributed by atoms with van der Waals surface area (Å²) in [7, 11) is 0. The third kappa shape index (κ3) is 3.77. The SMILES string of the molecule is CCN(CC1CCCNC1)C(=O)C(F)(F)C(F)(F)F. The fourth-order valence-corrected chi connectivity index (χ4v) is 2.07. The van der Waals surface area contributed by atoms with E-state index in [2.05, 4.69) is 5.32 Å². The molecule has 1 heterocycles. The molecule has 1 N–H and O–H groups in total. The molecule has 1 saturated heterocycles. The van der Waals surface area contributed by atoms with E-state index >= 15 is 0 Å². The van der Waals surface area contributed by atoms with Gasteiger partial charge in [0.1, 0.15) is 0 Å². The van der Waals surface area contributed by atoms with Gasteiger partial charge in [0.15, 0.2) is 0 Å². The minimum Gasteiger partial charge on any atom is -0.337 e. The fourth-order valence-electron chi connectivity index (χ4n) is 2.07. The Kier molecular flexibility index (Phi) is 5.11. The third-order valence-corrected chi connectivity index (χ3v) is 3.17. The van der Waals surface area contributed by atoms with Crippen LogP contribution in [0.3, 0.4) is 0 Å². The summed E-state index contributed by atoms with van der Waals surface area (Å²) in [5.74, 6) is -7.56. The molecule has 1 unspecified atom stereocenters. The van der Waals surface area contributed by atoms with E-state index in [9.17, 15) is 26.7 Å². The van der Waals surface area contributed by atoms with Crippen molar-refractivity contribution in [3.8, 4) is 0 Å². The highest BCUT2D eigenvalue weighted by atomic mass is 19.4. The van der Waals surface area contributed by atoms with Crippen LogP contribution in [-0.2, 0) is 4.79 Å². The van der Waals surface area contributed by atoms with E-state index in [1.807, 2.05) is 0 Å². The van der Waals surface area contributed by atoms with Crippen LogP contribution in [0, 0.1) is 5.92 Å². The predicted molar refractivity (Wildman–Crippen MR) is 58.8 cm³/mol. The Morgan fingerprint density at radius 1 is 1.32 bits per heavy atom. The molecule has 1 rings (SSSR count). The zero-order valence-corrected chi connectivity index (χ0v) is 10.6. The summed E-state index contributed by atoms with van der Waals surface area (Å²) in [4.78, 5) is 11.9. The van der Waals surface area contributed by atoms with Crippen LogP contribution in [0.15, 0.2) is 0 Å². The van der Waals surface area contributed by atoms with Gasteiger partial charge in [-0.05, 0) is 38.8 Å². The van der Waals surface area contributed by atoms with Crippen LogP contribution in [0.4, 0.5) is 22.0 Å². The molecule has 112 valence electrons. The summed E-state index contributed by atoms with van der Waals surface area (Å²) in [6.07, 6.45) is -4.30. The van der Waals surface area contributed by atoms with E-state index in [1.165, 1.54) is 6.92 Å². The van der Waals surface area contributed by atoms with Crippen molar-refractivity contribution >= 4 is 5.91 Å². The average molecular weight is 288 g/mol. The standard InChI is InChI=1S/C11H17F5N2O/c1-2-18(7-8-4-3-5-17-6-8)9(19)10(12,13)11(14,15)16/h8,17H,2-7H2,1H3. The molecule has 0 radical (unpaired) electrons. The molecular weight excluding hydrogens is 271 g/mol. The molecule has 0 bridgehead atoms. The molecule has 1 fully saturated rings. The van der Waals surface area contributed by atoms with Crippen LogP contribution in [-0.4, -0.2) is 49.1 Å². The Morgan fingerprint density at radius 3 is 2.37 bits per heavy atom. The number of halogens is 5. The van der Waals surface area contributed by atoms with Crippen LogP contribution >= 0.6 is 0 Å². The number of carbonyl (C=O) groups excluding carboxylic acids is 1. The molecule has 1 aliphatic rings. The van der Waals surface area contributed by atoms with Crippen LogP contribution in [0.2, 0.25) is 0 Å². The van der Waals surface area contributed by atoms with Gasteiger partial charge in [0.25, 0.3) is 0 Å². The molecular formula is C11H17F5N2O. The molecule has 8 heteroatoms. The first-order chi connectivity index (χ1) is 8.70. The van der Waals surface area contributed by atoms with Gasteiger partial charge < -0.3 is 10.2 Å². The third-order valence-electron chi connectivity index (χ3n) is 3.17. The number of alkyl halides is 5. The summed E-state index contributed by atoms with van der Waals surface area (Å²) >= 11 is 0. The Labute approximate surface area is 108 Å². The van der Waals surface area contributed by atoms with Crippen molar-refractivity contribution in [1.82, 2.24) is 10.2 Å². The van der Waals surface area contributed by atoms with Gasteiger partial charge in [0, 0.05) is 13.1 Å². The maximum Gasteiger partial charge on any atom is 0.463 e. The lowest BCUT2D eigenvalue weighted by molar-refractivity contribution is -0.274. The summed E-state index contributed by atoms with van der Waals surface area (Å²) in [6, 6.07) is 0. The van der Waals surface area contributed by atoms with Gasteiger partial charge in [0.2, 0.25) is 0 Å². The molecule has 1 aliphatic heterocycles. The van der Waals surface area contributed by atoms with Gasteiger partial charge in [0.05, 0.1) is 0 Å². The van der Waals surface area contributed by atoms with Crippen molar-refractivity contribution in [1.29, 1.82) is 0 Å². The monoisotopic (exact) mass is 288 g/mol. The van der Waals surface area contributed by atoms with Gasteiger partial charge in [-0.15, -0.1) is 0 Å². The highest BCUT2D eigenvalue weighted by Crippen LogP contribution is 2.37. The van der Waals surface area contributed by atoms with Crippen molar-refractivity contribution < 1.29 is 26.7 Å². The number of piperidine rings is 1. The first-order valence-electron chi connectivity index (χ1n) is 6.14. The van der Waals surface area contributed by atoms with Crippen LogP contribution in [0.1, 0.15) is 19.8 Å². The Bertz CT molecular complexity index is 313. The summed E-state index contributed by atoms with van der Waals surface area (Å²) in [6.45, 7) is 2.48. The van der Waals surface area contributed by atoms with Gasteiger partial charge in [-0.2, -0.15) is 22.0 Å².